The summed E-state index contributed by atoms with van der Waals surface area (Å²) in [5.74, 6) is -1.68. The van der Waals surface area contributed by atoms with Gasteiger partial charge in [0, 0.05) is 5.75 Å². The van der Waals surface area contributed by atoms with Crippen LogP contribution in [0.15, 0.2) is 30.3 Å². The summed E-state index contributed by atoms with van der Waals surface area (Å²) in [5, 5.41) is 2.13. The molecule has 5 nitrogen and oxygen atoms in total. The molecule has 9 heteroatoms. The van der Waals surface area contributed by atoms with Crippen molar-refractivity contribution in [3.05, 3.63) is 35.9 Å². The van der Waals surface area contributed by atoms with Crippen molar-refractivity contribution in [3.8, 4) is 0 Å². The highest BCUT2D eigenvalue weighted by Gasteiger charge is 2.33. The third-order valence-electron chi connectivity index (χ3n) is 2.61. The fraction of sp³-hybridized carbons (Fsp3) is 0.500. The minimum atomic E-state index is -4.53. The van der Waals surface area contributed by atoms with Gasteiger partial charge in [-0.1, -0.05) is 30.3 Å². The van der Waals surface area contributed by atoms with Crippen molar-refractivity contribution >= 4 is 23.8 Å². The Morgan fingerprint density at radius 1 is 1.16 bits per heavy atom. The van der Waals surface area contributed by atoms with Gasteiger partial charge >= 0.3 is 17.6 Å². The fourth-order valence-electron chi connectivity index (χ4n) is 1.63. The highest BCUT2D eigenvalue weighted by molar-refractivity contribution is 8.00. The van der Waals surface area contributed by atoms with Crippen molar-refractivity contribution < 1.29 is 32.2 Å². The molecule has 0 aliphatic carbocycles. The molecular weight excluding hydrogens is 359 g/mol. The van der Waals surface area contributed by atoms with Crippen LogP contribution in [-0.2, 0) is 20.9 Å². The number of carbonyl (C=O) groups is 2. The maximum atomic E-state index is 12.4. The number of benzene rings is 1. The molecule has 1 atom stereocenters. The predicted molar refractivity (Wildman–Crippen MR) is 87.9 cm³/mol. The number of hydrogen-bond acceptors (Lipinski definition) is 5. The first-order valence-corrected chi connectivity index (χ1v) is 8.35. The Hall–Kier alpha value is -1.90. The van der Waals surface area contributed by atoms with Crippen LogP contribution in [-0.4, -0.2) is 35.0 Å². The summed E-state index contributed by atoms with van der Waals surface area (Å²) in [4.78, 5) is 23.8. The average molecular weight is 379 g/mol. The molecule has 0 bridgehead atoms. The SMILES string of the molecule is CC(C)(C)OC(=O)N[C@@H](CSC(F)(F)F)C(=O)OCc1ccccc1. The van der Waals surface area contributed by atoms with Gasteiger partial charge in [0.25, 0.3) is 0 Å². The Morgan fingerprint density at radius 2 is 1.76 bits per heavy atom. The summed E-state index contributed by atoms with van der Waals surface area (Å²) in [6.45, 7) is 4.68. The number of thioether (sulfide) groups is 1. The Balaban J connectivity index is 2.68. The van der Waals surface area contributed by atoms with Gasteiger partial charge in [0.2, 0.25) is 0 Å². The van der Waals surface area contributed by atoms with E-state index in [1.807, 2.05) is 0 Å². The molecule has 0 aromatic heterocycles. The lowest BCUT2D eigenvalue weighted by atomic mass is 10.2. The second-order valence-corrected chi connectivity index (χ2v) is 7.13. The molecule has 0 unspecified atom stereocenters. The molecule has 0 saturated heterocycles. The van der Waals surface area contributed by atoms with Crippen molar-refractivity contribution in [1.29, 1.82) is 0 Å². The molecule has 1 rings (SSSR count). The molecule has 1 aromatic rings. The van der Waals surface area contributed by atoms with E-state index in [4.69, 9.17) is 9.47 Å². The van der Waals surface area contributed by atoms with Crippen molar-refractivity contribution in [1.82, 2.24) is 5.32 Å². The summed E-state index contributed by atoms with van der Waals surface area (Å²) >= 11 is -0.419. The molecule has 0 heterocycles. The van der Waals surface area contributed by atoms with E-state index in [1.165, 1.54) is 0 Å². The van der Waals surface area contributed by atoms with E-state index in [-0.39, 0.29) is 6.61 Å². The summed E-state index contributed by atoms with van der Waals surface area (Å²) in [6.07, 6.45) is -0.989. The van der Waals surface area contributed by atoms with E-state index in [2.05, 4.69) is 5.32 Å². The lowest BCUT2D eigenvalue weighted by Crippen LogP contribution is -2.46. The van der Waals surface area contributed by atoms with Crippen LogP contribution in [0, 0.1) is 0 Å². The van der Waals surface area contributed by atoms with E-state index in [0.29, 0.717) is 5.56 Å². The summed E-state index contributed by atoms with van der Waals surface area (Å²) in [6, 6.07) is 7.17. The van der Waals surface area contributed by atoms with E-state index < -0.39 is 46.7 Å². The monoisotopic (exact) mass is 379 g/mol. The smallest absolute Gasteiger partial charge is 0.441 e. The van der Waals surface area contributed by atoms with Gasteiger partial charge in [-0.25, -0.2) is 9.59 Å². The molecule has 25 heavy (non-hydrogen) atoms. The zero-order valence-electron chi connectivity index (χ0n) is 14.1. The number of alkyl carbamates (subject to hydrolysis) is 1. The van der Waals surface area contributed by atoms with Crippen molar-refractivity contribution in [3.63, 3.8) is 0 Å². The lowest BCUT2D eigenvalue weighted by Gasteiger charge is -2.23. The number of alkyl halides is 3. The lowest BCUT2D eigenvalue weighted by molar-refractivity contribution is -0.146. The fourth-order valence-corrected chi connectivity index (χ4v) is 2.20. The highest BCUT2D eigenvalue weighted by atomic mass is 32.2. The van der Waals surface area contributed by atoms with E-state index in [9.17, 15) is 22.8 Å². The van der Waals surface area contributed by atoms with Gasteiger partial charge in [-0.15, -0.1) is 0 Å². The summed E-state index contributed by atoms with van der Waals surface area (Å²) in [5.41, 5.74) is -4.71. The van der Waals surface area contributed by atoms with Crippen LogP contribution in [0.4, 0.5) is 18.0 Å². The van der Waals surface area contributed by atoms with Crippen LogP contribution in [0.3, 0.4) is 0 Å². The molecule has 0 aliphatic rings. The number of esters is 1. The zero-order chi connectivity index (χ0) is 19.1. The maximum absolute atomic E-state index is 12.4. The number of hydrogen-bond donors (Lipinski definition) is 1. The molecular formula is C16H20F3NO4S. The van der Waals surface area contributed by atoms with Crippen LogP contribution in [0.1, 0.15) is 26.3 Å². The largest absolute Gasteiger partial charge is 0.459 e. The summed E-state index contributed by atoms with van der Waals surface area (Å²) in [7, 11) is 0. The van der Waals surface area contributed by atoms with E-state index in [0.717, 1.165) is 0 Å². The van der Waals surface area contributed by atoms with Gasteiger partial charge in [0.1, 0.15) is 18.2 Å². The van der Waals surface area contributed by atoms with E-state index >= 15 is 0 Å². The predicted octanol–water partition coefficient (Wildman–Crippen LogP) is 3.88. The maximum Gasteiger partial charge on any atom is 0.441 e. The van der Waals surface area contributed by atoms with Crippen LogP contribution in [0.5, 0.6) is 0 Å². The average Bonchev–Trinajstić information content (AvgIpc) is 2.47. The van der Waals surface area contributed by atoms with Crippen molar-refractivity contribution in [2.75, 3.05) is 5.75 Å². The molecule has 1 N–H and O–H groups in total. The summed E-state index contributed by atoms with van der Waals surface area (Å²) < 4.78 is 47.2. The minimum Gasteiger partial charge on any atom is -0.459 e. The molecule has 0 fully saturated rings. The number of carbonyl (C=O) groups excluding carboxylic acids is 2. The molecule has 1 aromatic carbocycles. The van der Waals surface area contributed by atoms with Crippen LogP contribution < -0.4 is 5.32 Å². The first kappa shape index (κ1) is 21.1. The van der Waals surface area contributed by atoms with Gasteiger partial charge in [-0.05, 0) is 38.1 Å². The third kappa shape index (κ3) is 9.85. The quantitative estimate of drug-likeness (QED) is 0.760. The Bertz CT molecular complexity index is 573. The Labute approximate surface area is 148 Å². The van der Waals surface area contributed by atoms with Crippen molar-refractivity contribution in [2.24, 2.45) is 0 Å². The van der Waals surface area contributed by atoms with Crippen molar-refractivity contribution in [2.45, 2.75) is 44.5 Å². The van der Waals surface area contributed by atoms with Gasteiger partial charge in [0.05, 0.1) is 0 Å². The minimum absolute atomic E-state index is 0.108. The number of rotatable bonds is 6. The molecule has 0 aliphatic heterocycles. The molecule has 0 radical (unpaired) electrons. The van der Waals surface area contributed by atoms with Gasteiger partial charge in [0.15, 0.2) is 0 Å². The Kier molecular flexibility index (Phi) is 7.60. The van der Waals surface area contributed by atoms with Gasteiger partial charge in [-0.2, -0.15) is 13.2 Å². The van der Waals surface area contributed by atoms with Crippen LogP contribution in [0.2, 0.25) is 0 Å². The van der Waals surface area contributed by atoms with Gasteiger partial charge < -0.3 is 14.8 Å². The number of ether oxygens (including phenoxy) is 2. The topological polar surface area (TPSA) is 64.6 Å². The zero-order valence-corrected chi connectivity index (χ0v) is 14.9. The number of halogens is 3. The second-order valence-electron chi connectivity index (χ2n) is 6.05. The molecule has 0 saturated carbocycles. The normalized spacial score (nSPS) is 13.0. The molecule has 140 valence electrons. The standard InChI is InChI=1S/C16H20F3NO4S/c1-15(2,3)24-14(22)20-12(10-25-16(17,18)19)13(21)23-9-11-7-5-4-6-8-11/h4-8,12H,9-10H2,1-3H3,(H,20,22)/t12-/m0/s1. The number of nitrogens with one attached hydrogen (secondary N) is 1. The Morgan fingerprint density at radius 3 is 2.28 bits per heavy atom. The van der Waals surface area contributed by atoms with Crippen LogP contribution >= 0.6 is 11.8 Å². The highest BCUT2D eigenvalue weighted by Crippen LogP contribution is 2.30. The third-order valence-corrected chi connectivity index (χ3v) is 3.44. The first-order chi connectivity index (χ1) is 11.5. The first-order valence-electron chi connectivity index (χ1n) is 7.37. The van der Waals surface area contributed by atoms with Crippen LogP contribution in [0.25, 0.3) is 0 Å². The second kappa shape index (κ2) is 8.98. The van der Waals surface area contributed by atoms with E-state index in [1.54, 1.807) is 51.1 Å². The molecule has 1 amide bonds. The number of amides is 1. The molecule has 0 spiro atoms. The van der Waals surface area contributed by atoms with Gasteiger partial charge in [-0.3, -0.25) is 0 Å².